The molecule has 0 fully saturated rings. The van der Waals surface area contributed by atoms with Gasteiger partial charge in [-0.05, 0) is 46.1 Å². The molecule has 0 atom stereocenters. The molecular weight excluding hydrogens is 317 g/mol. The highest BCUT2D eigenvalue weighted by molar-refractivity contribution is 6.01. The van der Waals surface area contributed by atoms with Crippen LogP contribution in [0.15, 0.2) is 41.4 Å². The van der Waals surface area contributed by atoms with Gasteiger partial charge in [-0.2, -0.15) is 0 Å². The summed E-state index contributed by atoms with van der Waals surface area (Å²) in [6.07, 6.45) is 1.96. The maximum absolute atomic E-state index is 5.57. The molecule has 3 heteroatoms. The van der Waals surface area contributed by atoms with Gasteiger partial charge >= 0.3 is 8.05 Å². The summed E-state index contributed by atoms with van der Waals surface area (Å²) in [6, 6.07) is 12.9. The first-order chi connectivity index (χ1) is 12.1. The largest absolute Gasteiger partial charge is 0.567 e. The van der Waals surface area contributed by atoms with Crippen LogP contribution in [-0.2, 0) is 5.41 Å². The van der Waals surface area contributed by atoms with Crippen LogP contribution in [0.4, 0.5) is 5.69 Å². The summed E-state index contributed by atoms with van der Waals surface area (Å²) in [4.78, 5) is 4.95. The molecule has 26 heavy (non-hydrogen) atoms. The van der Waals surface area contributed by atoms with Gasteiger partial charge in [-0.15, -0.1) is 0 Å². The Morgan fingerprint density at radius 2 is 1.54 bits per heavy atom. The van der Waals surface area contributed by atoms with Crippen LogP contribution in [-0.4, -0.2) is 14.3 Å². The van der Waals surface area contributed by atoms with E-state index in [4.69, 9.17) is 9.65 Å². The first-order valence-corrected chi connectivity index (χ1v) is 9.50. The average molecular weight is 349 g/mol. The zero-order chi connectivity index (χ0) is 19.5. The van der Waals surface area contributed by atoms with Gasteiger partial charge in [-0.1, -0.05) is 72.7 Å². The quantitative estimate of drug-likeness (QED) is 0.486. The number of aliphatic imine (C=N–C) groups is 1. The Morgan fingerprint density at radius 3 is 2.00 bits per heavy atom. The summed E-state index contributed by atoms with van der Waals surface area (Å²) in [5.74, 6) is 1.72. The number of nitrogens with zero attached hydrogens (tertiary/aromatic N) is 1. The Labute approximate surface area is 160 Å². The standard InChI is InChI=1S/C23H32BNO/c1-15(2)19-9-8-10-20(16(3)4)22(19)25-14-17-13-18(23(5,6)7)11-12-21(17)26-24/h8-16H,24H2,1-7H3/b25-14+. The maximum atomic E-state index is 5.57. The second-order valence-corrected chi connectivity index (χ2v) is 8.56. The molecule has 0 N–H and O–H groups in total. The normalized spacial score (nSPS) is 12.3. The fraction of sp³-hybridized carbons (Fsp3) is 0.435. The van der Waals surface area contributed by atoms with E-state index in [9.17, 15) is 0 Å². The summed E-state index contributed by atoms with van der Waals surface area (Å²) in [6.45, 7) is 15.6. The van der Waals surface area contributed by atoms with Crippen LogP contribution in [0.5, 0.6) is 5.75 Å². The smallest absolute Gasteiger partial charge is 0.322 e. The third-order valence-electron chi connectivity index (χ3n) is 4.77. The predicted molar refractivity (Wildman–Crippen MR) is 116 cm³/mol. The van der Waals surface area contributed by atoms with E-state index in [1.54, 1.807) is 8.05 Å². The van der Waals surface area contributed by atoms with Gasteiger partial charge < -0.3 is 4.65 Å². The van der Waals surface area contributed by atoms with E-state index in [-0.39, 0.29) is 5.41 Å². The maximum Gasteiger partial charge on any atom is 0.322 e. The summed E-state index contributed by atoms with van der Waals surface area (Å²) in [5, 5.41) is 0. The number of benzene rings is 2. The van der Waals surface area contributed by atoms with Crippen molar-refractivity contribution in [3.05, 3.63) is 58.7 Å². The third kappa shape index (κ3) is 4.57. The first kappa shape index (κ1) is 20.3. The van der Waals surface area contributed by atoms with Gasteiger partial charge in [0.25, 0.3) is 0 Å². The van der Waals surface area contributed by atoms with Gasteiger partial charge in [0.2, 0.25) is 0 Å². The SMILES string of the molecule is BOc1ccc(C(C)(C)C)cc1/C=N/c1c(C(C)C)cccc1C(C)C. The lowest BCUT2D eigenvalue weighted by molar-refractivity contribution is 0.583. The fourth-order valence-corrected chi connectivity index (χ4v) is 3.10. The molecule has 2 aromatic rings. The van der Waals surface area contributed by atoms with Crippen LogP contribution in [0, 0.1) is 0 Å². The lowest BCUT2D eigenvalue weighted by atomic mass is 9.86. The Kier molecular flexibility index (Phi) is 6.33. The molecule has 2 rings (SSSR count). The van der Waals surface area contributed by atoms with Gasteiger partial charge in [0.1, 0.15) is 5.75 Å². The highest BCUT2D eigenvalue weighted by Crippen LogP contribution is 2.35. The minimum Gasteiger partial charge on any atom is -0.567 e. The molecule has 0 unspecified atom stereocenters. The molecule has 0 aliphatic heterocycles. The Morgan fingerprint density at radius 1 is 0.962 bits per heavy atom. The van der Waals surface area contributed by atoms with E-state index in [1.807, 2.05) is 12.3 Å². The highest BCUT2D eigenvalue weighted by atomic mass is 16.4. The molecular formula is C23H32BNO. The van der Waals surface area contributed by atoms with Crippen molar-refractivity contribution in [1.82, 2.24) is 0 Å². The Hall–Kier alpha value is -2.03. The van der Waals surface area contributed by atoms with E-state index in [2.05, 4.69) is 78.8 Å². The van der Waals surface area contributed by atoms with Gasteiger partial charge in [-0.3, -0.25) is 4.99 Å². The second kappa shape index (κ2) is 8.12. The molecule has 0 saturated heterocycles. The van der Waals surface area contributed by atoms with Gasteiger partial charge in [0.05, 0.1) is 5.69 Å². The fourth-order valence-electron chi connectivity index (χ4n) is 3.10. The topological polar surface area (TPSA) is 21.6 Å². The van der Waals surface area contributed by atoms with E-state index in [1.165, 1.54) is 16.7 Å². The van der Waals surface area contributed by atoms with E-state index >= 15 is 0 Å². The second-order valence-electron chi connectivity index (χ2n) is 8.56. The molecule has 0 amide bonds. The zero-order valence-electron chi connectivity index (χ0n) is 17.6. The van der Waals surface area contributed by atoms with Gasteiger partial charge in [0, 0.05) is 11.8 Å². The van der Waals surface area contributed by atoms with E-state index in [0.717, 1.165) is 17.0 Å². The lowest BCUT2D eigenvalue weighted by Gasteiger charge is -2.20. The summed E-state index contributed by atoms with van der Waals surface area (Å²) in [5.41, 5.74) is 6.07. The number of hydrogen-bond acceptors (Lipinski definition) is 2. The van der Waals surface area contributed by atoms with Crippen LogP contribution in [0.25, 0.3) is 0 Å². The van der Waals surface area contributed by atoms with Crippen LogP contribution < -0.4 is 4.65 Å². The first-order valence-electron chi connectivity index (χ1n) is 9.50. The summed E-state index contributed by atoms with van der Waals surface area (Å²) in [7, 11) is 1.71. The highest BCUT2D eigenvalue weighted by Gasteiger charge is 2.16. The number of hydrogen-bond donors (Lipinski definition) is 0. The molecule has 0 bridgehead atoms. The molecule has 0 radical (unpaired) electrons. The van der Waals surface area contributed by atoms with Crippen molar-refractivity contribution in [1.29, 1.82) is 0 Å². The van der Waals surface area contributed by atoms with Crippen molar-refractivity contribution >= 4 is 20.0 Å². The number of para-hydroxylation sites is 1. The van der Waals surface area contributed by atoms with Crippen molar-refractivity contribution < 1.29 is 4.65 Å². The van der Waals surface area contributed by atoms with Crippen molar-refractivity contribution in [2.45, 2.75) is 65.7 Å². The molecule has 0 saturated carbocycles. The molecule has 2 aromatic carbocycles. The molecule has 0 heterocycles. The lowest BCUT2D eigenvalue weighted by Crippen LogP contribution is -2.11. The molecule has 0 spiro atoms. The minimum atomic E-state index is 0.0911. The van der Waals surface area contributed by atoms with Crippen LogP contribution in [0.1, 0.15) is 82.6 Å². The molecule has 138 valence electrons. The minimum absolute atomic E-state index is 0.0911. The van der Waals surface area contributed by atoms with Crippen LogP contribution >= 0.6 is 0 Å². The Bertz CT molecular complexity index is 759. The van der Waals surface area contributed by atoms with Crippen LogP contribution in [0.3, 0.4) is 0 Å². The van der Waals surface area contributed by atoms with Crippen molar-refractivity contribution in [2.75, 3.05) is 0 Å². The monoisotopic (exact) mass is 349 g/mol. The summed E-state index contributed by atoms with van der Waals surface area (Å²) >= 11 is 0. The van der Waals surface area contributed by atoms with Crippen molar-refractivity contribution in [3.8, 4) is 5.75 Å². The van der Waals surface area contributed by atoms with Gasteiger partial charge in [0.15, 0.2) is 0 Å². The van der Waals surface area contributed by atoms with E-state index < -0.39 is 0 Å². The van der Waals surface area contributed by atoms with Crippen molar-refractivity contribution in [2.24, 2.45) is 4.99 Å². The van der Waals surface area contributed by atoms with Gasteiger partial charge in [-0.25, -0.2) is 0 Å². The average Bonchev–Trinajstić information content (AvgIpc) is 2.58. The number of rotatable bonds is 5. The predicted octanol–water partition coefficient (Wildman–Crippen LogP) is 5.91. The molecule has 0 aliphatic rings. The zero-order valence-corrected chi connectivity index (χ0v) is 17.6. The summed E-state index contributed by atoms with van der Waals surface area (Å²) < 4.78 is 5.57. The molecule has 0 aromatic heterocycles. The van der Waals surface area contributed by atoms with E-state index in [0.29, 0.717) is 11.8 Å². The van der Waals surface area contributed by atoms with Crippen molar-refractivity contribution in [3.63, 3.8) is 0 Å². The van der Waals surface area contributed by atoms with Crippen LogP contribution in [0.2, 0.25) is 0 Å². The third-order valence-corrected chi connectivity index (χ3v) is 4.77. The molecule has 0 aliphatic carbocycles. The molecule has 2 nitrogen and oxygen atoms in total. The Balaban J connectivity index is 2.57.